The number of aryl methyl sites for hydroxylation is 1. The van der Waals surface area contributed by atoms with E-state index in [1.807, 2.05) is 36.5 Å². The molecule has 4 aliphatic rings. The number of piperidine rings is 1. The van der Waals surface area contributed by atoms with Crippen LogP contribution in [0.2, 0.25) is 0 Å². The van der Waals surface area contributed by atoms with Crippen molar-refractivity contribution in [1.82, 2.24) is 43.8 Å². The Morgan fingerprint density at radius 2 is 1.76 bits per heavy atom. The second kappa shape index (κ2) is 13.4. The highest BCUT2D eigenvalue weighted by Gasteiger charge is 2.37. The summed E-state index contributed by atoms with van der Waals surface area (Å²) in [6, 6.07) is 11.4. The fourth-order valence-electron chi connectivity index (χ4n) is 8.91. The van der Waals surface area contributed by atoms with Crippen molar-refractivity contribution >= 4 is 57.2 Å². The number of anilines is 3. The summed E-state index contributed by atoms with van der Waals surface area (Å²) in [6.07, 6.45) is 8.63. The number of hydrogen-bond donors (Lipinski definition) is 2. The third-order valence-electron chi connectivity index (χ3n) is 11.8. The van der Waals surface area contributed by atoms with Gasteiger partial charge in [-0.15, -0.1) is 0 Å². The van der Waals surface area contributed by atoms with E-state index < -0.39 is 11.9 Å². The SMILES string of the molecule is CN(C)C(=O)c1cc2cnc(Nc3ccc(C4CN(CC5CN(c6cccc7c6n(C)c(=O)n7[C@H]6CCC(=O)NC6=O)C5)C4)cn3)nc2n1C1CCCC1. The molecule has 0 radical (unpaired) electrons. The molecule has 15 heteroatoms. The molecule has 5 aromatic rings. The Balaban J connectivity index is 0.810. The predicted molar refractivity (Wildman–Crippen MR) is 204 cm³/mol. The van der Waals surface area contributed by atoms with Gasteiger partial charge in [-0.3, -0.25) is 28.8 Å². The molecule has 4 aromatic heterocycles. The van der Waals surface area contributed by atoms with Crippen LogP contribution >= 0.6 is 0 Å². The van der Waals surface area contributed by atoms with Gasteiger partial charge in [-0.1, -0.05) is 25.0 Å². The van der Waals surface area contributed by atoms with E-state index in [0.29, 0.717) is 41.2 Å². The Morgan fingerprint density at radius 1 is 0.963 bits per heavy atom. The summed E-state index contributed by atoms with van der Waals surface area (Å²) in [5.41, 5.74) is 4.92. The zero-order valence-corrected chi connectivity index (χ0v) is 30.9. The number of rotatable bonds is 9. The average Bonchev–Trinajstić information content (AvgIpc) is 3.84. The summed E-state index contributed by atoms with van der Waals surface area (Å²) in [6.45, 7) is 4.76. The van der Waals surface area contributed by atoms with Crippen LogP contribution in [0.4, 0.5) is 17.5 Å². The van der Waals surface area contributed by atoms with Gasteiger partial charge >= 0.3 is 5.69 Å². The van der Waals surface area contributed by atoms with Crippen molar-refractivity contribution < 1.29 is 14.4 Å². The maximum Gasteiger partial charge on any atom is 0.329 e. The van der Waals surface area contributed by atoms with Crippen molar-refractivity contribution in [3.63, 3.8) is 0 Å². The molecule has 7 heterocycles. The maximum absolute atomic E-state index is 13.3. The van der Waals surface area contributed by atoms with E-state index in [0.717, 1.165) is 80.6 Å². The number of imidazole rings is 1. The summed E-state index contributed by atoms with van der Waals surface area (Å²) in [4.78, 5) is 71.3. The largest absolute Gasteiger partial charge is 0.369 e. The molecule has 15 nitrogen and oxygen atoms in total. The quantitative estimate of drug-likeness (QED) is 0.215. The number of likely N-dealkylation sites (tertiary alicyclic amines) is 1. The van der Waals surface area contributed by atoms with E-state index in [1.54, 1.807) is 41.4 Å². The summed E-state index contributed by atoms with van der Waals surface area (Å²) in [7, 11) is 5.31. The first kappa shape index (κ1) is 34.2. The van der Waals surface area contributed by atoms with E-state index in [9.17, 15) is 19.2 Å². The van der Waals surface area contributed by atoms with Crippen molar-refractivity contribution in [3.05, 3.63) is 70.5 Å². The summed E-state index contributed by atoms with van der Waals surface area (Å²) < 4.78 is 5.29. The predicted octanol–water partition coefficient (Wildman–Crippen LogP) is 3.55. The Hall–Kier alpha value is -5.57. The highest BCUT2D eigenvalue weighted by molar-refractivity contribution is 6.01. The minimum Gasteiger partial charge on any atom is -0.369 e. The molecule has 3 aliphatic heterocycles. The van der Waals surface area contributed by atoms with Gasteiger partial charge in [0.2, 0.25) is 17.8 Å². The average molecular weight is 732 g/mol. The van der Waals surface area contributed by atoms with Crippen LogP contribution in [0.3, 0.4) is 0 Å². The van der Waals surface area contributed by atoms with E-state index in [4.69, 9.17) is 9.97 Å². The first-order chi connectivity index (χ1) is 26.1. The van der Waals surface area contributed by atoms with E-state index in [1.165, 1.54) is 5.56 Å². The number of fused-ring (bicyclic) bond motifs is 2. The van der Waals surface area contributed by atoms with Gasteiger partial charge in [-0.25, -0.2) is 14.8 Å². The zero-order chi connectivity index (χ0) is 37.2. The van der Waals surface area contributed by atoms with Crippen LogP contribution in [-0.2, 0) is 16.6 Å². The molecule has 1 atom stereocenters. The Labute approximate surface area is 312 Å². The van der Waals surface area contributed by atoms with Crippen LogP contribution in [0.1, 0.15) is 72.6 Å². The van der Waals surface area contributed by atoms with Crippen molar-refractivity contribution in [2.75, 3.05) is 57.0 Å². The van der Waals surface area contributed by atoms with Gasteiger partial charge in [0.05, 0.1) is 16.7 Å². The van der Waals surface area contributed by atoms with Gasteiger partial charge in [-0.2, -0.15) is 4.98 Å². The van der Waals surface area contributed by atoms with E-state index in [-0.39, 0.29) is 30.0 Å². The van der Waals surface area contributed by atoms with Crippen LogP contribution < -0.4 is 21.2 Å². The highest BCUT2D eigenvalue weighted by Crippen LogP contribution is 2.37. The van der Waals surface area contributed by atoms with Crippen LogP contribution in [0.15, 0.2) is 53.6 Å². The smallest absolute Gasteiger partial charge is 0.329 e. The molecule has 3 saturated heterocycles. The third kappa shape index (κ3) is 5.90. The molecule has 0 unspecified atom stereocenters. The van der Waals surface area contributed by atoms with Crippen molar-refractivity contribution in [1.29, 1.82) is 0 Å². The lowest BCUT2D eigenvalue weighted by Crippen LogP contribution is -2.55. The molecule has 9 rings (SSSR count). The number of hydrogen-bond acceptors (Lipinski definition) is 10. The lowest BCUT2D eigenvalue weighted by atomic mass is 9.89. The van der Waals surface area contributed by atoms with Gasteiger partial charge in [-0.05, 0) is 49.1 Å². The second-order valence-corrected chi connectivity index (χ2v) is 15.6. The van der Waals surface area contributed by atoms with E-state index in [2.05, 4.69) is 36.1 Å². The normalized spacial score (nSPS) is 20.1. The minimum absolute atomic E-state index is 0.0284. The van der Waals surface area contributed by atoms with E-state index >= 15 is 0 Å². The summed E-state index contributed by atoms with van der Waals surface area (Å²) in [5.74, 6) is 1.33. The molecule has 54 heavy (non-hydrogen) atoms. The van der Waals surface area contributed by atoms with Crippen molar-refractivity contribution in [2.45, 2.75) is 56.5 Å². The topological polar surface area (TPSA) is 156 Å². The van der Waals surface area contributed by atoms with Crippen LogP contribution in [0.5, 0.6) is 0 Å². The first-order valence-electron chi connectivity index (χ1n) is 19.0. The summed E-state index contributed by atoms with van der Waals surface area (Å²) >= 11 is 0. The number of benzene rings is 1. The van der Waals surface area contributed by atoms with Gasteiger partial charge in [0.25, 0.3) is 5.91 Å². The number of para-hydroxylation sites is 1. The number of imide groups is 1. The van der Waals surface area contributed by atoms with Crippen LogP contribution in [-0.4, -0.2) is 103 Å². The molecule has 1 aliphatic carbocycles. The van der Waals surface area contributed by atoms with Gasteiger partial charge in [0, 0.05) is 95.9 Å². The molecule has 4 fully saturated rings. The monoisotopic (exact) mass is 731 g/mol. The molecule has 1 saturated carbocycles. The molecule has 0 bridgehead atoms. The number of nitrogens with one attached hydrogen (secondary N) is 2. The molecule has 2 N–H and O–H groups in total. The number of pyridine rings is 1. The standard InChI is InChI=1S/C39H45N11O4/c1-45(2)37(53)31-15-25-17-41-38(44-35(25)49(31)27-7-4-5-8-27)42-32-13-11-24(16-40-32)26-21-47(22-26)18-23-19-48(20-23)28-9-6-10-29-34(28)46(3)39(54)50(29)30-12-14-33(51)43-36(30)52/h6,9-11,13,15-17,23,26-27,30H,4-5,7-8,12,14,18-22H2,1-3H3,(H,43,51,52)(H,40,41,42,44)/t30-/m0/s1. The second-order valence-electron chi connectivity index (χ2n) is 15.6. The van der Waals surface area contributed by atoms with Crippen LogP contribution in [0, 0.1) is 5.92 Å². The molecule has 280 valence electrons. The highest BCUT2D eigenvalue weighted by atomic mass is 16.2. The van der Waals surface area contributed by atoms with Gasteiger partial charge < -0.3 is 24.6 Å². The molecule has 0 spiro atoms. The van der Waals surface area contributed by atoms with Crippen molar-refractivity contribution in [2.24, 2.45) is 13.0 Å². The van der Waals surface area contributed by atoms with Gasteiger partial charge in [0.15, 0.2) is 0 Å². The molecular weight excluding hydrogens is 687 g/mol. The molecular formula is C39H45N11O4. The molecule has 3 amide bonds. The Morgan fingerprint density at radius 3 is 2.48 bits per heavy atom. The maximum atomic E-state index is 13.3. The fourth-order valence-corrected chi connectivity index (χ4v) is 8.91. The zero-order valence-electron chi connectivity index (χ0n) is 30.9. The number of carbonyl (C=O) groups is 3. The Bertz CT molecular complexity index is 2340. The summed E-state index contributed by atoms with van der Waals surface area (Å²) in [5, 5.41) is 6.52. The molecule has 1 aromatic carbocycles. The number of amides is 3. The fraction of sp³-hybridized carbons (Fsp3) is 0.462. The number of nitrogens with zero attached hydrogens (tertiary/aromatic N) is 9. The minimum atomic E-state index is -0.695. The lowest BCUT2D eigenvalue weighted by molar-refractivity contribution is -0.135. The number of aromatic nitrogens is 6. The first-order valence-corrected chi connectivity index (χ1v) is 19.0. The lowest BCUT2D eigenvalue weighted by Gasteiger charge is -2.47. The Kier molecular flexibility index (Phi) is 8.47. The van der Waals surface area contributed by atoms with Crippen molar-refractivity contribution in [3.8, 4) is 0 Å². The number of carbonyl (C=O) groups excluding carboxylic acids is 3. The van der Waals surface area contributed by atoms with Gasteiger partial charge in [0.1, 0.15) is 23.2 Å². The van der Waals surface area contributed by atoms with Crippen LogP contribution in [0.25, 0.3) is 22.1 Å². The third-order valence-corrected chi connectivity index (χ3v) is 11.8.